The lowest BCUT2D eigenvalue weighted by molar-refractivity contribution is -0.140. The minimum absolute atomic E-state index is 0.0598. The average molecular weight is 438 g/mol. The molecule has 10 nitrogen and oxygen atoms in total. The molecule has 1 aliphatic rings. The van der Waals surface area contributed by atoms with Crippen molar-refractivity contribution in [2.24, 2.45) is 0 Å². The van der Waals surface area contributed by atoms with Crippen molar-refractivity contribution in [2.75, 3.05) is 45.3 Å². The van der Waals surface area contributed by atoms with E-state index < -0.39 is 0 Å². The molecule has 0 bridgehead atoms. The average Bonchev–Trinajstić information content (AvgIpc) is 3.32. The number of hydrogen-bond acceptors (Lipinski definition) is 8. The quantitative estimate of drug-likeness (QED) is 0.515. The van der Waals surface area contributed by atoms with Crippen molar-refractivity contribution in [1.29, 1.82) is 0 Å². The van der Waals surface area contributed by atoms with Gasteiger partial charge in [-0.25, -0.2) is 4.98 Å². The molecule has 0 aliphatic carbocycles. The highest BCUT2D eigenvalue weighted by Crippen LogP contribution is 2.32. The van der Waals surface area contributed by atoms with Gasteiger partial charge in [0.15, 0.2) is 0 Å². The molecule has 0 spiro atoms. The van der Waals surface area contributed by atoms with Gasteiger partial charge < -0.3 is 19.3 Å². The second-order valence-corrected chi connectivity index (χ2v) is 7.49. The standard InChI is InChI=1S/C22H26N6O4/c1-31-17-8-6-16(7-9-17)18-14-23-22-24-15-25-28(22)21(18)27-12-10-26(11-13-27)19(29)4-3-5-20(30)32-2/h6-9,14-15H,3-5,10-13H2,1-2H3. The Kier molecular flexibility index (Phi) is 6.48. The van der Waals surface area contributed by atoms with Gasteiger partial charge in [0.2, 0.25) is 5.91 Å². The maximum Gasteiger partial charge on any atom is 0.305 e. The molecule has 0 N–H and O–H groups in total. The summed E-state index contributed by atoms with van der Waals surface area (Å²) in [5.41, 5.74) is 1.93. The van der Waals surface area contributed by atoms with E-state index in [1.165, 1.54) is 13.4 Å². The molecule has 1 aromatic carbocycles. The van der Waals surface area contributed by atoms with E-state index in [4.69, 9.17) is 4.74 Å². The lowest BCUT2D eigenvalue weighted by atomic mass is 10.1. The third kappa shape index (κ3) is 4.48. The molecule has 1 fully saturated rings. The van der Waals surface area contributed by atoms with Gasteiger partial charge in [-0.1, -0.05) is 12.1 Å². The SMILES string of the molecule is COC(=O)CCCC(=O)N1CCN(c2c(-c3ccc(OC)cc3)cnc3ncnn23)CC1. The van der Waals surface area contributed by atoms with Crippen LogP contribution >= 0.6 is 0 Å². The number of carbonyl (C=O) groups excluding carboxylic acids is 2. The molecule has 0 atom stereocenters. The van der Waals surface area contributed by atoms with Crippen LogP contribution in [0, 0.1) is 0 Å². The maximum atomic E-state index is 12.5. The lowest BCUT2D eigenvalue weighted by Crippen LogP contribution is -2.49. The highest BCUT2D eigenvalue weighted by atomic mass is 16.5. The van der Waals surface area contributed by atoms with Crippen LogP contribution in [0.25, 0.3) is 16.9 Å². The number of nitrogens with zero attached hydrogens (tertiary/aromatic N) is 6. The molecule has 3 aromatic rings. The van der Waals surface area contributed by atoms with Gasteiger partial charge in [-0.05, 0) is 24.1 Å². The van der Waals surface area contributed by atoms with Crippen molar-refractivity contribution in [1.82, 2.24) is 24.5 Å². The van der Waals surface area contributed by atoms with Crippen LogP contribution in [-0.2, 0) is 14.3 Å². The van der Waals surface area contributed by atoms with Crippen LogP contribution in [0.2, 0.25) is 0 Å². The summed E-state index contributed by atoms with van der Waals surface area (Å²) in [7, 11) is 2.99. The normalized spacial score (nSPS) is 13.9. The molecule has 3 heterocycles. The fraction of sp³-hybridized carbons (Fsp3) is 0.409. The lowest BCUT2D eigenvalue weighted by Gasteiger charge is -2.36. The van der Waals surface area contributed by atoms with E-state index in [0.717, 1.165) is 22.7 Å². The second-order valence-electron chi connectivity index (χ2n) is 7.49. The number of ether oxygens (including phenoxy) is 2. The number of amides is 1. The predicted octanol–water partition coefficient (Wildman–Crippen LogP) is 1.79. The van der Waals surface area contributed by atoms with Crippen molar-refractivity contribution in [3.63, 3.8) is 0 Å². The fourth-order valence-corrected chi connectivity index (χ4v) is 3.86. The van der Waals surface area contributed by atoms with Crippen LogP contribution in [0.5, 0.6) is 5.75 Å². The van der Waals surface area contributed by atoms with E-state index in [0.29, 0.717) is 44.8 Å². The summed E-state index contributed by atoms with van der Waals surface area (Å²) in [4.78, 5) is 36.5. The number of methoxy groups -OCH3 is 2. The van der Waals surface area contributed by atoms with Gasteiger partial charge >= 0.3 is 5.97 Å². The van der Waals surface area contributed by atoms with Gasteiger partial charge in [0.25, 0.3) is 5.78 Å². The van der Waals surface area contributed by atoms with Crippen LogP contribution in [0.4, 0.5) is 5.82 Å². The summed E-state index contributed by atoms with van der Waals surface area (Å²) < 4.78 is 11.7. The monoisotopic (exact) mass is 438 g/mol. The molecule has 1 amide bonds. The number of benzene rings is 1. The number of rotatable bonds is 7. The molecule has 168 valence electrons. The number of piperazine rings is 1. The fourth-order valence-electron chi connectivity index (χ4n) is 3.86. The van der Waals surface area contributed by atoms with E-state index >= 15 is 0 Å². The molecule has 0 unspecified atom stereocenters. The maximum absolute atomic E-state index is 12.5. The Morgan fingerprint density at radius 3 is 2.44 bits per heavy atom. The molecule has 0 saturated carbocycles. The first kappa shape index (κ1) is 21.5. The molecule has 4 rings (SSSR count). The van der Waals surface area contributed by atoms with Crippen LogP contribution in [0.3, 0.4) is 0 Å². The minimum atomic E-state index is -0.289. The van der Waals surface area contributed by atoms with Crippen LogP contribution in [-0.4, -0.2) is 76.8 Å². The topological polar surface area (TPSA) is 102 Å². The zero-order valence-electron chi connectivity index (χ0n) is 18.2. The van der Waals surface area contributed by atoms with Crippen molar-refractivity contribution >= 4 is 23.5 Å². The first-order valence-corrected chi connectivity index (χ1v) is 10.5. The highest BCUT2D eigenvalue weighted by molar-refractivity contribution is 5.79. The Hall–Kier alpha value is -3.69. The Morgan fingerprint density at radius 2 is 1.75 bits per heavy atom. The number of esters is 1. The van der Waals surface area contributed by atoms with Crippen molar-refractivity contribution < 1.29 is 19.1 Å². The van der Waals surface area contributed by atoms with Crippen LogP contribution in [0.15, 0.2) is 36.8 Å². The Labute approximate surface area is 185 Å². The highest BCUT2D eigenvalue weighted by Gasteiger charge is 2.25. The summed E-state index contributed by atoms with van der Waals surface area (Å²) >= 11 is 0. The van der Waals surface area contributed by atoms with Gasteiger partial charge in [-0.2, -0.15) is 14.6 Å². The molecule has 1 aliphatic heterocycles. The number of fused-ring (bicyclic) bond motifs is 1. The van der Waals surface area contributed by atoms with E-state index in [2.05, 4.69) is 24.7 Å². The number of hydrogen-bond donors (Lipinski definition) is 0. The van der Waals surface area contributed by atoms with E-state index in [1.54, 1.807) is 11.6 Å². The summed E-state index contributed by atoms with van der Waals surface area (Å²) in [5, 5.41) is 4.39. The third-order valence-electron chi connectivity index (χ3n) is 5.61. The molecule has 2 aromatic heterocycles. The van der Waals surface area contributed by atoms with Gasteiger partial charge in [-0.15, -0.1) is 0 Å². The Bertz CT molecular complexity index is 1090. The zero-order chi connectivity index (χ0) is 22.5. The number of anilines is 1. The predicted molar refractivity (Wildman–Crippen MR) is 117 cm³/mol. The third-order valence-corrected chi connectivity index (χ3v) is 5.61. The minimum Gasteiger partial charge on any atom is -0.497 e. The van der Waals surface area contributed by atoms with E-state index in [1.807, 2.05) is 35.4 Å². The second kappa shape index (κ2) is 9.63. The first-order valence-electron chi connectivity index (χ1n) is 10.5. The molecule has 0 radical (unpaired) electrons. The summed E-state index contributed by atoms with van der Waals surface area (Å²) in [5.74, 6) is 1.98. The molecule has 10 heteroatoms. The largest absolute Gasteiger partial charge is 0.497 e. The van der Waals surface area contributed by atoms with Crippen LogP contribution < -0.4 is 9.64 Å². The van der Waals surface area contributed by atoms with Gasteiger partial charge in [0.05, 0.1) is 14.2 Å². The smallest absolute Gasteiger partial charge is 0.305 e. The van der Waals surface area contributed by atoms with Gasteiger partial charge in [-0.3, -0.25) is 9.59 Å². The molecular formula is C22H26N6O4. The molecular weight excluding hydrogens is 412 g/mol. The summed E-state index contributed by atoms with van der Waals surface area (Å²) in [6.07, 6.45) is 4.40. The van der Waals surface area contributed by atoms with Crippen molar-refractivity contribution in [3.05, 3.63) is 36.8 Å². The van der Waals surface area contributed by atoms with Gasteiger partial charge in [0.1, 0.15) is 17.9 Å². The van der Waals surface area contributed by atoms with Crippen molar-refractivity contribution in [3.8, 4) is 16.9 Å². The summed E-state index contributed by atoms with van der Waals surface area (Å²) in [6, 6.07) is 7.80. The molecule has 32 heavy (non-hydrogen) atoms. The van der Waals surface area contributed by atoms with E-state index in [9.17, 15) is 9.59 Å². The number of carbonyl (C=O) groups is 2. The van der Waals surface area contributed by atoms with Gasteiger partial charge in [0, 0.05) is 50.8 Å². The zero-order valence-corrected chi connectivity index (χ0v) is 18.2. The summed E-state index contributed by atoms with van der Waals surface area (Å²) in [6.45, 7) is 2.50. The Morgan fingerprint density at radius 1 is 1.00 bits per heavy atom. The number of aromatic nitrogens is 4. The molecule has 1 saturated heterocycles. The first-order chi connectivity index (χ1) is 15.6. The Balaban J connectivity index is 1.51. The van der Waals surface area contributed by atoms with Crippen molar-refractivity contribution in [2.45, 2.75) is 19.3 Å². The van der Waals surface area contributed by atoms with Crippen LogP contribution in [0.1, 0.15) is 19.3 Å². The van der Waals surface area contributed by atoms with E-state index in [-0.39, 0.29) is 18.3 Å².